The zero-order chi connectivity index (χ0) is 20.0. The van der Waals surface area contributed by atoms with E-state index >= 15 is 8.78 Å². The van der Waals surface area contributed by atoms with Gasteiger partial charge in [-0.1, -0.05) is 54.4 Å². The number of fused-ring (bicyclic) bond motifs is 3. The quantitative estimate of drug-likeness (QED) is 0.478. The van der Waals surface area contributed by atoms with E-state index in [9.17, 15) is 0 Å². The smallest absolute Gasteiger partial charge is 0.132 e. The van der Waals surface area contributed by atoms with Crippen LogP contribution in [0.4, 0.5) is 8.78 Å². The molecule has 3 unspecified atom stereocenters. The molecule has 5 heteroatoms. The Labute approximate surface area is 173 Å². The highest BCUT2D eigenvalue weighted by Gasteiger charge is 2.38. The van der Waals surface area contributed by atoms with Crippen molar-refractivity contribution in [2.45, 2.75) is 45.7 Å². The molecule has 2 nitrogen and oxygen atoms in total. The molecule has 3 aromatic rings. The third kappa shape index (κ3) is 3.29. The van der Waals surface area contributed by atoms with Crippen LogP contribution in [0, 0.1) is 17.6 Å². The summed E-state index contributed by atoms with van der Waals surface area (Å²) in [5, 5.41) is 1.15. The Bertz CT molecular complexity index is 990. The summed E-state index contributed by atoms with van der Waals surface area (Å²) >= 11 is 3.21. The van der Waals surface area contributed by atoms with Gasteiger partial charge in [-0.15, -0.1) is 0 Å². The van der Waals surface area contributed by atoms with Crippen LogP contribution in [0.5, 0.6) is 0 Å². The molecular weight excluding hydrogens is 422 g/mol. The number of hydrogen-bond donors (Lipinski definition) is 1. The molecule has 0 bridgehead atoms. The molecule has 3 atom stereocenters. The van der Waals surface area contributed by atoms with Crippen LogP contribution in [0.1, 0.15) is 50.1 Å². The van der Waals surface area contributed by atoms with E-state index < -0.39 is 17.7 Å². The fraction of sp³-hybridized carbons (Fsp3) is 0.391. The molecule has 1 N–H and O–H groups in total. The van der Waals surface area contributed by atoms with Crippen LogP contribution in [0.3, 0.4) is 0 Å². The normalized spacial score (nSPS) is 21.1. The molecule has 0 amide bonds. The maximum atomic E-state index is 15.1. The van der Waals surface area contributed by atoms with E-state index in [1.54, 1.807) is 0 Å². The molecular formula is C23H25BrF2N2. The monoisotopic (exact) mass is 446 g/mol. The minimum absolute atomic E-state index is 0.130. The summed E-state index contributed by atoms with van der Waals surface area (Å²) in [7, 11) is 0. The second-order valence-electron chi connectivity index (χ2n) is 8.01. The first-order chi connectivity index (χ1) is 13.4. The highest BCUT2D eigenvalue weighted by Crippen LogP contribution is 2.43. The van der Waals surface area contributed by atoms with Gasteiger partial charge in [0.25, 0.3) is 0 Å². The third-order valence-corrected chi connectivity index (χ3v) is 6.51. The van der Waals surface area contributed by atoms with E-state index in [1.165, 1.54) is 17.7 Å². The van der Waals surface area contributed by atoms with Crippen molar-refractivity contribution in [3.05, 3.63) is 69.3 Å². The number of para-hydroxylation sites is 1. The lowest BCUT2D eigenvalue weighted by Crippen LogP contribution is -2.45. The van der Waals surface area contributed by atoms with Crippen molar-refractivity contribution in [1.82, 2.24) is 9.88 Å². The number of rotatable bonds is 4. The SMILES string of the molecule is CCC(C)CN1C(C)Cc2c([nH]c3ccccc23)C1c1c(F)cc(Br)cc1F. The Morgan fingerprint density at radius 2 is 1.89 bits per heavy atom. The summed E-state index contributed by atoms with van der Waals surface area (Å²) in [6.45, 7) is 7.31. The third-order valence-electron chi connectivity index (χ3n) is 6.05. The zero-order valence-electron chi connectivity index (χ0n) is 16.4. The zero-order valence-corrected chi connectivity index (χ0v) is 18.0. The number of nitrogens with one attached hydrogen (secondary N) is 1. The summed E-state index contributed by atoms with van der Waals surface area (Å²) in [6, 6.07) is 10.6. The van der Waals surface area contributed by atoms with Gasteiger partial charge >= 0.3 is 0 Å². The van der Waals surface area contributed by atoms with E-state index in [0.29, 0.717) is 10.4 Å². The van der Waals surface area contributed by atoms with Gasteiger partial charge in [0.15, 0.2) is 0 Å². The predicted molar refractivity (Wildman–Crippen MR) is 114 cm³/mol. The van der Waals surface area contributed by atoms with Gasteiger partial charge in [0.05, 0.1) is 6.04 Å². The van der Waals surface area contributed by atoms with Crippen LogP contribution in [-0.4, -0.2) is 22.5 Å². The molecule has 4 rings (SSSR count). The average Bonchev–Trinajstić information content (AvgIpc) is 3.01. The molecule has 0 fully saturated rings. The van der Waals surface area contributed by atoms with Crippen molar-refractivity contribution in [2.75, 3.05) is 6.54 Å². The lowest BCUT2D eigenvalue weighted by molar-refractivity contribution is 0.121. The molecule has 0 radical (unpaired) electrons. The number of benzene rings is 2. The van der Waals surface area contributed by atoms with Crippen LogP contribution in [0.2, 0.25) is 0 Å². The highest BCUT2D eigenvalue weighted by molar-refractivity contribution is 9.10. The van der Waals surface area contributed by atoms with Gasteiger partial charge in [-0.2, -0.15) is 0 Å². The molecule has 0 saturated carbocycles. The first-order valence-electron chi connectivity index (χ1n) is 9.90. The van der Waals surface area contributed by atoms with Crippen molar-refractivity contribution in [2.24, 2.45) is 5.92 Å². The second-order valence-corrected chi connectivity index (χ2v) is 8.93. The van der Waals surface area contributed by atoms with Crippen LogP contribution in [-0.2, 0) is 6.42 Å². The van der Waals surface area contributed by atoms with Crippen molar-refractivity contribution in [1.29, 1.82) is 0 Å². The second kappa shape index (κ2) is 7.60. The number of nitrogens with zero attached hydrogens (tertiary/aromatic N) is 1. The summed E-state index contributed by atoms with van der Waals surface area (Å²) < 4.78 is 30.5. The van der Waals surface area contributed by atoms with Gasteiger partial charge in [0.1, 0.15) is 11.6 Å². The largest absolute Gasteiger partial charge is 0.357 e. The van der Waals surface area contributed by atoms with Crippen molar-refractivity contribution >= 4 is 26.8 Å². The number of aromatic nitrogens is 1. The molecule has 0 spiro atoms. The summed E-state index contributed by atoms with van der Waals surface area (Å²) in [6.07, 6.45) is 1.90. The fourth-order valence-corrected chi connectivity index (χ4v) is 4.81. The van der Waals surface area contributed by atoms with Gasteiger partial charge < -0.3 is 4.98 Å². The molecule has 1 aliphatic rings. The molecule has 0 aliphatic carbocycles. The molecule has 148 valence electrons. The Kier molecular flexibility index (Phi) is 5.32. The van der Waals surface area contributed by atoms with E-state index in [2.05, 4.69) is 52.7 Å². The first kappa shape index (κ1) is 19.6. The molecule has 0 saturated heterocycles. The maximum Gasteiger partial charge on any atom is 0.132 e. The lowest BCUT2D eigenvalue weighted by Gasteiger charge is -2.42. The number of H-pyrrole nitrogens is 1. The van der Waals surface area contributed by atoms with Gasteiger partial charge in [-0.05, 0) is 43.0 Å². The number of halogens is 3. The van der Waals surface area contributed by atoms with E-state index in [4.69, 9.17) is 0 Å². The van der Waals surface area contributed by atoms with Crippen molar-refractivity contribution in [3.63, 3.8) is 0 Å². The summed E-state index contributed by atoms with van der Waals surface area (Å²) in [5.74, 6) is -0.577. The Morgan fingerprint density at radius 1 is 1.21 bits per heavy atom. The van der Waals surface area contributed by atoms with Crippen LogP contribution in [0.25, 0.3) is 10.9 Å². The fourth-order valence-electron chi connectivity index (χ4n) is 4.41. The van der Waals surface area contributed by atoms with Crippen LogP contribution in [0.15, 0.2) is 40.9 Å². The molecule has 2 heterocycles. The first-order valence-corrected chi connectivity index (χ1v) is 10.7. The van der Waals surface area contributed by atoms with Gasteiger partial charge in [-0.25, -0.2) is 8.78 Å². The van der Waals surface area contributed by atoms with Gasteiger partial charge in [-0.3, -0.25) is 4.90 Å². The van der Waals surface area contributed by atoms with Crippen molar-refractivity contribution in [3.8, 4) is 0 Å². The maximum absolute atomic E-state index is 15.1. The van der Waals surface area contributed by atoms with Crippen molar-refractivity contribution < 1.29 is 8.78 Å². The molecule has 28 heavy (non-hydrogen) atoms. The van der Waals surface area contributed by atoms with Crippen LogP contribution < -0.4 is 0 Å². The summed E-state index contributed by atoms with van der Waals surface area (Å²) in [4.78, 5) is 5.75. The molecule has 1 aromatic heterocycles. The predicted octanol–water partition coefficient (Wildman–Crippen LogP) is 6.59. The average molecular weight is 447 g/mol. The molecule has 1 aliphatic heterocycles. The van der Waals surface area contributed by atoms with Crippen LogP contribution >= 0.6 is 15.9 Å². The van der Waals surface area contributed by atoms with Gasteiger partial charge in [0, 0.05) is 39.2 Å². The van der Waals surface area contributed by atoms with Gasteiger partial charge in [0.2, 0.25) is 0 Å². The minimum Gasteiger partial charge on any atom is -0.357 e. The Balaban J connectivity index is 1.95. The molecule has 2 aromatic carbocycles. The summed E-state index contributed by atoms with van der Waals surface area (Å²) in [5.41, 5.74) is 3.25. The topological polar surface area (TPSA) is 19.0 Å². The lowest BCUT2D eigenvalue weighted by atomic mass is 9.87. The van der Waals surface area contributed by atoms with E-state index in [-0.39, 0.29) is 11.6 Å². The minimum atomic E-state index is -0.510. The highest BCUT2D eigenvalue weighted by atomic mass is 79.9. The van der Waals surface area contributed by atoms with E-state index in [1.807, 2.05) is 18.2 Å². The Hall–Kier alpha value is -1.72. The number of aromatic amines is 1. The standard InChI is InChI=1S/C23H25BrF2N2/c1-4-13(2)12-28-14(3)9-17-16-7-5-6-8-20(16)27-22(17)23(28)21-18(25)10-15(24)11-19(21)26/h5-8,10-11,13-14,23,27H,4,9,12H2,1-3H3. The number of hydrogen-bond acceptors (Lipinski definition) is 1. The van der Waals surface area contributed by atoms with E-state index in [0.717, 1.165) is 36.0 Å². The Morgan fingerprint density at radius 3 is 2.57 bits per heavy atom.